The smallest absolute Gasteiger partial charge is 0.266 e. The number of ether oxygens (including phenoxy) is 2. The van der Waals surface area contributed by atoms with Crippen LogP contribution in [0.25, 0.3) is 11.0 Å². The molecule has 1 saturated carbocycles. The van der Waals surface area contributed by atoms with Gasteiger partial charge in [0.1, 0.15) is 21.8 Å². The van der Waals surface area contributed by atoms with E-state index in [0.717, 1.165) is 30.4 Å². The van der Waals surface area contributed by atoms with Crippen molar-refractivity contribution in [3.63, 3.8) is 0 Å². The molecule has 4 aromatic rings. The Balaban J connectivity index is 1.52. The van der Waals surface area contributed by atoms with E-state index in [9.17, 15) is 8.42 Å². The Morgan fingerprint density at radius 3 is 2.61 bits per heavy atom. The molecular weight excluding hydrogens is 480 g/mol. The average molecular weight is 511 g/mol. The molecule has 2 aromatic carbocycles. The highest BCUT2D eigenvalue weighted by atomic mass is 32.2. The van der Waals surface area contributed by atoms with E-state index in [1.165, 1.54) is 7.11 Å². The van der Waals surface area contributed by atoms with Crippen LogP contribution in [-0.2, 0) is 22.0 Å². The lowest BCUT2D eigenvalue weighted by atomic mass is 9.87. The van der Waals surface area contributed by atoms with Crippen LogP contribution < -0.4 is 14.2 Å². The third-order valence-corrected chi connectivity index (χ3v) is 7.76. The van der Waals surface area contributed by atoms with Gasteiger partial charge in [-0.25, -0.2) is 8.42 Å². The second kappa shape index (κ2) is 9.16. The zero-order valence-corrected chi connectivity index (χ0v) is 21.6. The summed E-state index contributed by atoms with van der Waals surface area (Å²) in [6, 6.07) is 10.8. The van der Waals surface area contributed by atoms with Gasteiger partial charge in [0.2, 0.25) is 0 Å². The van der Waals surface area contributed by atoms with Gasteiger partial charge < -0.3 is 14.0 Å². The fourth-order valence-corrected chi connectivity index (χ4v) is 5.29. The first-order valence-electron chi connectivity index (χ1n) is 11.9. The number of sulfonamides is 1. The van der Waals surface area contributed by atoms with Gasteiger partial charge in [-0.1, -0.05) is 32.0 Å². The normalized spacial score (nSPS) is 14.6. The van der Waals surface area contributed by atoms with Gasteiger partial charge in [0.25, 0.3) is 10.0 Å². The van der Waals surface area contributed by atoms with E-state index >= 15 is 0 Å². The van der Waals surface area contributed by atoms with Crippen molar-refractivity contribution in [2.45, 2.75) is 63.0 Å². The van der Waals surface area contributed by atoms with E-state index in [1.54, 1.807) is 29.1 Å². The van der Waals surface area contributed by atoms with Crippen LogP contribution in [0.5, 0.6) is 11.5 Å². The zero-order chi connectivity index (χ0) is 25.5. The molecule has 0 radical (unpaired) electrons. The van der Waals surface area contributed by atoms with Crippen LogP contribution >= 0.6 is 0 Å². The molecule has 1 aliphatic rings. The number of aromatic nitrogens is 3. The summed E-state index contributed by atoms with van der Waals surface area (Å²) in [7, 11) is -2.54. The van der Waals surface area contributed by atoms with Crippen LogP contribution in [0.15, 0.2) is 58.2 Å². The van der Waals surface area contributed by atoms with Crippen molar-refractivity contribution in [3.8, 4) is 11.5 Å². The number of benzene rings is 2. The van der Waals surface area contributed by atoms with Crippen LogP contribution in [0.4, 0.5) is 5.82 Å². The van der Waals surface area contributed by atoms with E-state index in [4.69, 9.17) is 14.0 Å². The molecule has 190 valence electrons. The highest BCUT2D eigenvalue weighted by Gasteiger charge is 2.29. The quantitative estimate of drug-likeness (QED) is 0.351. The minimum atomic E-state index is -4.06. The molecular formula is C26H30N4O5S. The molecule has 0 atom stereocenters. The molecule has 10 heteroatoms. The van der Waals surface area contributed by atoms with Gasteiger partial charge in [-0.05, 0) is 66.1 Å². The first-order valence-corrected chi connectivity index (χ1v) is 13.4. The van der Waals surface area contributed by atoms with Crippen molar-refractivity contribution in [2.75, 3.05) is 11.8 Å². The third kappa shape index (κ3) is 4.77. The number of methoxy groups -OCH3 is 1. The Labute approximate surface area is 210 Å². The predicted molar refractivity (Wildman–Crippen MR) is 136 cm³/mol. The number of hydrogen-bond donors (Lipinski definition) is 1. The second-order valence-corrected chi connectivity index (χ2v) is 11.7. The van der Waals surface area contributed by atoms with E-state index in [-0.39, 0.29) is 22.2 Å². The van der Waals surface area contributed by atoms with Gasteiger partial charge in [-0.3, -0.25) is 9.40 Å². The summed E-state index contributed by atoms with van der Waals surface area (Å²) in [5.74, 6) is 0.840. The standard InChI is InChI=1S/C26H30N4O5S/c1-26(2,3)18-9-10-20(34-19-7-5-8-19)23(15-18)36(31,32)29-25-24-21(33-4)13-17(14-22(24)35-28-25)16-30-12-6-11-27-30/h6,9-15,19H,5,7-8,16H2,1-4H3,(H,28,29). The van der Waals surface area contributed by atoms with Crippen LogP contribution in [0.1, 0.15) is 51.2 Å². The number of nitrogens with one attached hydrogen (secondary N) is 1. The lowest BCUT2D eigenvalue weighted by molar-refractivity contribution is 0.116. The molecule has 5 rings (SSSR count). The van der Waals surface area contributed by atoms with Gasteiger partial charge >= 0.3 is 0 Å². The minimum absolute atomic E-state index is 0.0284. The van der Waals surface area contributed by atoms with E-state index < -0.39 is 10.0 Å². The predicted octanol–water partition coefficient (Wildman–Crippen LogP) is 5.11. The summed E-state index contributed by atoms with van der Waals surface area (Å²) < 4.78 is 48.9. The van der Waals surface area contributed by atoms with Crippen LogP contribution in [0, 0.1) is 0 Å². The Morgan fingerprint density at radius 1 is 1.17 bits per heavy atom. The summed E-state index contributed by atoms with van der Waals surface area (Å²) in [6.07, 6.45) is 6.50. The summed E-state index contributed by atoms with van der Waals surface area (Å²) in [4.78, 5) is 0.0762. The van der Waals surface area contributed by atoms with Crippen molar-refractivity contribution >= 4 is 26.8 Å². The van der Waals surface area contributed by atoms with Crippen LogP contribution in [0.3, 0.4) is 0 Å². The summed E-state index contributed by atoms with van der Waals surface area (Å²) in [5, 5.41) is 8.70. The van der Waals surface area contributed by atoms with E-state index in [0.29, 0.717) is 29.0 Å². The van der Waals surface area contributed by atoms with E-state index in [2.05, 4.69) is 15.0 Å². The van der Waals surface area contributed by atoms with Gasteiger partial charge in [-0.2, -0.15) is 5.10 Å². The number of nitrogens with zero attached hydrogens (tertiary/aromatic N) is 3. The van der Waals surface area contributed by atoms with Crippen molar-refractivity contribution in [1.82, 2.24) is 14.9 Å². The molecule has 9 nitrogen and oxygen atoms in total. The lowest BCUT2D eigenvalue weighted by Gasteiger charge is -2.28. The molecule has 36 heavy (non-hydrogen) atoms. The topological polar surface area (TPSA) is 108 Å². The molecule has 1 fully saturated rings. The van der Waals surface area contributed by atoms with Crippen LogP contribution in [0.2, 0.25) is 0 Å². The fraction of sp³-hybridized carbons (Fsp3) is 0.385. The van der Waals surface area contributed by atoms with Crippen molar-refractivity contribution in [3.05, 3.63) is 59.9 Å². The Bertz CT molecular complexity index is 1480. The molecule has 0 saturated heterocycles. The first kappa shape index (κ1) is 24.2. The molecule has 0 unspecified atom stereocenters. The number of rotatable bonds is 8. The highest BCUT2D eigenvalue weighted by molar-refractivity contribution is 7.92. The number of fused-ring (bicyclic) bond motifs is 1. The van der Waals surface area contributed by atoms with Gasteiger partial charge in [-0.15, -0.1) is 0 Å². The lowest BCUT2D eigenvalue weighted by Crippen LogP contribution is -2.26. The summed E-state index contributed by atoms with van der Waals surface area (Å²) in [6.45, 7) is 6.61. The van der Waals surface area contributed by atoms with Crippen molar-refractivity contribution in [1.29, 1.82) is 0 Å². The molecule has 0 amide bonds. The second-order valence-electron chi connectivity index (χ2n) is 10.1. The first-order chi connectivity index (χ1) is 17.1. The SMILES string of the molecule is COc1cc(Cn2cccn2)cc2onc(NS(=O)(=O)c3cc(C(C)(C)C)ccc3OC3CCC3)c12. The maximum absolute atomic E-state index is 13.7. The van der Waals surface area contributed by atoms with Gasteiger partial charge in [0.15, 0.2) is 11.4 Å². The fourth-order valence-electron chi connectivity index (χ4n) is 4.13. The maximum atomic E-state index is 13.7. The number of hydrogen-bond acceptors (Lipinski definition) is 7. The Kier molecular flexibility index (Phi) is 6.15. The molecule has 2 aromatic heterocycles. The van der Waals surface area contributed by atoms with E-state index in [1.807, 2.05) is 45.2 Å². The highest BCUT2D eigenvalue weighted by Crippen LogP contribution is 2.38. The molecule has 1 aliphatic carbocycles. The Hall–Kier alpha value is -3.53. The minimum Gasteiger partial charge on any atom is -0.496 e. The molecule has 0 bridgehead atoms. The van der Waals surface area contributed by atoms with Gasteiger partial charge in [0.05, 0.1) is 19.8 Å². The molecule has 2 heterocycles. The summed E-state index contributed by atoms with van der Waals surface area (Å²) >= 11 is 0. The molecule has 0 spiro atoms. The third-order valence-electron chi connectivity index (χ3n) is 6.40. The zero-order valence-electron chi connectivity index (χ0n) is 20.8. The average Bonchev–Trinajstić information content (AvgIpc) is 3.45. The largest absolute Gasteiger partial charge is 0.496 e. The Morgan fingerprint density at radius 2 is 1.97 bits per heavy atom. The maximum Gasteiger partial charge on any atom is 0.266 e. The van der Waals surface area contributed by atoms with Crippen molar-refractivity contribution in [2.24, 2.45) is 0 Å². The monoisotopic (exact) mass is 510 g/mol. The van der Waals surface area contributed by atoms with Crippen LogP contribution in [-0.4, -0.2) is 36.6 Å². The summed E-state index contributed by atoms with van der Waals surface area (Å²) in [5.41, 5.74) is 1.93. The number of anilines is 1. The molecule has 1 N–H and O–H groups in total. The van der Waals surface area contributed by atoms with Gasteiger partial charge in [0, 0.05) is 12.4 Å². The molecule has 0 aliphatic heterocycles. The van der Waals surface area contributed by atoms with Crippen molar-refractivity contribution < 1.29 is 22.4 Å².